The van der Waals surface area contributed by atoms with Crippen LogP contribution in [0.1, 0.15) is 11.3 Å². The van der Waals surface area contributed by atoms with Crippen LogP contribution in [0.25, 0.3) is 22.1 Å². The van der Waals surface area contributed by atoms with Crippen molar-refractivity contribution in [1.82, 2.24) is 9.80 Å². The lowest BCUT2D eigenvalue weighted by molar-refractivity contribution is 0.116. The minimum absolute atomic E-state index is 0.842. The summed E-state index contributed by atoms with van der Waals surface area (Å²) in [6.45, 7) is 6.02. The molecule has 1 aliphatic heterocycles. The second-order valence-corrected chi connectivity index (χ2v) is 8.57. The van der Waals surface area contributed by atoms with Gasteiger partial charge in [-0.15, -0.1) is 0 Å². The molecule has 1 fully saturated rings. The van der Waals surface area contributed by atoms with Crippen LogP contribution in [0.4, 0.5) is 0 Å². The molecule has 0 unspecified atom stereocenters. The van der Waals surface area contributed by atoms with E-state index in [0.717, 1.165) is 78.6 Å². The minimum Gasteiger partial charge on any atom is -0.497 e. The summed E-state index contributed by atoms with van der Waals surface area (Å²) in [6.07, 6.45) is 0. The van der Waals surface area contributed by atoms with Gasteiger partial charge in [0.2, 0.25) is 0 Å². The summed E-state index contributed by atoms with van der Waals surface area (Å²) in [5, 5.41) is 1.13. The first-order valence-corrected chi connectivity index (χ1v) is 11.5. The van der Waals surface area contributed by atoms with Crippen molar-refractivity contribution in [3.05, 3.63) is 84.1 Å². The first-order valence-electron chi connectivity index (χ1n) is 11.5. The Labute approximate surface area is 195 Å². The van der Waals surface area contributed by atoms with Crippen molar-refractivity contribution in [1.29, 1.82) is 0 Å². The van der Waals surface area contributed by atoms with Crippen LogP contribution < -0.4 is 9.47 Å². The molecule has 5 heteroatoms. The van der Waals surface area contributed by atoms with E-state index in [4.69, 9.17) is 13.9 Å². The van der Waals surface area contributed by atoms with Crippen LogP contribution in [-0.4, -0.2) is 50.2 Å². The molecule has 0 spiro atoms. The molecule has 1 aromatic heterocycles. The van der Waals surface area contributed by atoms with Gasteiger partial charge in [0.25, 0.3) is 0 Å². The Kier molecular flexibility index (Phi) is 6.33. The summed E-state index contributed by atoms with van der Waals surface area (Å²) < 4.78 is 17.0. The summed E-state index contributed by atoms with van der Waals surface area (Å²) >= 11 is 0. The molecule has 5 rings (SSSR count). The normalized spacial score (nSPS) is 15.1. The van der Waals surface area contributed by atoms with Crippen molar-refractivity contribution in [2.24, 2.45) is 0 Å². The maximum atomic E-state index is 6.16. The zero-order chi connectivity index (χ0) is 22.6. The van der Waals surface area contributed by atoms with Crippen molar-refractivity contribution in [2.45, 2.75) is 13.1 Å². The summed E-state index contributed by atoms with van der Waals surface area (Å²) in [6, 6.07) is 25.0. The highest BCUT2D eigenvalue weighted by atomic mass is 16.5. The molecule has 170 valence electrons. The second kappa shape index (κ2) is 9.69. The molecule has 2 heterocycles. The molecule has 5 nitrogen and oxygen atoms in total. The number of hydrogen-bond donors (Lipinski definition) is 0. The lowest BCUT2D eigenvalue weighted by Gasteiger charge is -2.34. The standard InChI is InChI=1S/C28H30N2O3/c1-31-24-10-7-21(8-11-24)19-29-13-15-30(16-14-29)20-25-18-23-17-22(9-12-27(23)33-25)26-5-3-4-6-28(26)32-2/h3-12,17-18H,13-16,19-20H2,1-2H3. The van der Waals surface area contributed by atoms with E-state index in [1.165, 1.54) is 5.56 Å². The zero-order valence-electron chi connectivity index (χ0n) is 19.3. The van der Waals surface area contributed by atoms with Gasteiger partial charge in [0, 0.05) is 43.7 Å². The smallest absolute Gasteiger partial charge is 0.134 e. The second-order valence-electron chi connectivity index (χ2n) is 8.57. The molecule has 0 aliphatic carbocycles. The number of fused-ring (bicyclic) bond motifs is 1. The van der Waals surface area contributed by atoms with Gasteiger partial charge in [-0.1, -0.05) is 36.4 Å². The van der Waals surface area contributed by atoms with Gasteiger partial charge in [0.15, 0.2) is 0 Å². The average molecular weight is 443 g/mol. The van der Waals surface area contributed by atoms with Gasteiger partial charge in [0.05, 0.1) is 20.8 Å². The average Bonchev–Trinajstić information content (AvgIpc) is 3.27. The van der Waals surface area contributed by atoms with E-state index < -0.39 is 0 Å². The van der Waals surface area contributed by atoms with E-state index >= 15 is 0 Å². The van der Waals surface area contributed by atoms with Crippen LogP contribution in [0.3, 0.4) is 0 Å². The summed E-state index contributed by atoms with van der Waals surface area (Å²) in [5.41, 5.74) is 4.49. The molecule has 1 saturated heterocycles. The van der Waals surface area contributed by atoms with Gasteiger partial charge in [-0.05, 0) is 47.5 Å². The van der Waals surface area contributed by atoms with Crippen molar-refractivity contribution < 1.29 is 13.9 Å². The Hall–Kier alpha value is -3.28. The van der Waals surface area contributed by atoms with Gasteiger partial charge in [0.1, 0.15) is 22.8 Å². The number of rotatable bonds is 7. The molecular formula is C28H30N2O3. The van der Waals surface area contributed by atoms with Gasteiger partial charge >= 0.3 is 0 Å². The molecule has 1 aliphatic rings. The van der Waals surface area contributed by atoms with E-state index in [-0.39, 0.29) is 0 Å². The fourth-order valence-electron chi connectivity index (χ4n) is 4.54. The SMILES string of the molecule is COc1ccc(CN2CCN(Cc3cc4cc(-c5ccccc5OC)ccc4o3)CC2)cc1. The molecule has 0 N–H and O–H groups in total. The number of nitrogens with zero attached hydrogens (tertiary/aromatic N) is 2. The first kappa shape index (κ1) is 21.6. The van der Waals surface area contributed by atoms with Crippen LogP contribution in [0, 0.1) is 0 Å². The Bertz CT molecular complexity index is 1210. The number of benzene rings is 3. The fraction of sp³-hybridized carbons (Fsp3) is 0.286. The highest BCUT2D eigenvalue weighted by Crippen LogP contribution is 2.32. The first-order chi connectivity index (χ1) is 16.2. The lowest BCUT2D eigenvalue weighted by Crippen LogP contribution is -2.45. The van der Waals surface area contributed by atoms with Crippen molar-refractivity contribution in [2.75, 3.05) is 40.4 Å². The number of furan rings is 1. The van der Waals surface area contributed by atoms with Crippen LogP contribution in [0.15, 0.2) is 77.2 Å². The molecule has 3 aromatic carbocycles. The predicted molar refractivity (Wildman–Crippen MR) is 132 cm³/mol. The van der Waals surface area contributed by atoms with Crippen LogP contribution >= 0.6 is 0 Å². The Morgan fingerprint density at radius 3 is 2.21 bits per heavy atom. The van der Waals surface area contributed by atoms with Gasteiger partial charge in [-0.3, -0.25) is 9.80 Å². The Balaban J connectivity index is 1.21. The third-order valence-electron chi connectivity index (χ3n) is 6.39. The Morgan fingerprint density at radius 1 is 0.758 bits per heavy atom. The van der Waals surface area contributed by atoms with Gasteiger partial charge in [-0.25, -0.2) is 0 Å². The largest absolute Gasteiger partial charge is 0.497 e. The molecule has 4 aromatic rings. The summed E-state index contributed by atoms with van der Waals surface area (Å²) in [5.74, 6) is 2.81. The summed E-state index contributed by atoms with van der Waals surface area (Å²) in [4.78, 5) is 4.99. The Morgan fingerprint density at radius 2 is 1.48 bits per heavy atom. The number of ether oxygens (including phenoxy) is 2. The molecule has 0 amide bonds. The fourth-order valence-corrected chi connectivity index (χ4v) is 4.54. The van der Waals surface area contributed by atoms with Gasteiger partial charge < -0.3 is 13.9 Å². The lowest BCUT2D eigenvalue weighted by atomic mass is 10.0. The van der Waals surface area contributed by atoms with Gasteiger partial charge in [-0.2, -0.15) is 0 Å². The minimum atomic E-state index is 0.842. The number of piperazine rings is 1. The molecule has 0 saturated carbocycles. The predicted octanol–water partition coefficient (Wildman–Crippen LogP) is 5.43. The van der Waals surface area contributed by atoms with Crippen molar-refractivity contribution in [3.63, 3.8) is 0 Å². The van der Waals surface area contributed by atoms with E-state index in [1.807, 2.05) is 30.3 Å². The number of hydrogen-bond acceptors (Lipinski definition) is 5. The molecular weight excluding hydrogens is 412 g/mol. The van der Waals surface area contributed by atoms with Crippen molar-refractivity contribution in [3.8, 4) is 22.6 Å². The molecule has 0 radical (unpaired) electrons. The third kappa shape index (κ3) is 4.90. The van der Waals surface area contributed by atoms with Crippen molar-refractivity contribution >= 4 is 11.0 Å². The zero-order valence-corrected chi connectivity index (χ0v) is 19.3. The van der Waals surface area contributed by atoms with Crippen LogP contribution in [0.5, 0.6) is 11.5 Å². The highest BCUT2D eigenvalue weighted by Gasteiger charge is 2.19. The monoisotopic (exact) mass is 442 g/mol. The molecule has 0 bridgehead atoms. The van der Waals surface area contributed by atoms with Crippen LogP contribution in [-0.2, 0) is 13.1 Å². The van der Waals surface area contributed by atoms with E-state index in [9.17, 15) is 0 Å². The summed E-state index contributed by atoms with van der Waals surface area (Å²) in [7, 11) is 3.42. The van der Waals surface area contributed by atoms with E-state index in [1.54, 1.807) is 14.2 Å². The number of para-hydroxylation sites is 1. The molecule has 33 heavy (non-hydrogen) atoms. The molecule has 0 atom stereocenters. The van der Waals surface area contributed by atoms with Crippen LogP contribution in [0.2, 0.25) is 0 Å². The third-order valence-corrected chi connectivity index (χ3v) is 6.39. The van der Waals surface area contributed by atoms with E-state index in [2.05, 4.69) is 52.3 Å². The maximum absolute atomic E-state index is 6.16. The maximum Gasteiger partial charge on any atom is 0.134 e. The van der Waals surface area contributed by atoms with E-state index in [0.29, 0.717) is 0 Å². The highest BCUT2D eigenvalue weighted by molar-refractivity contribution is 5.85. The quantitative estimate of drug-likeness (QED) is 0.381. The number of methoxy groups -OCH3 is 2. The topological polar surface area (TPSA) is 38.1 Å².